The Balaban J connectivity index is 0.00000261. The van der Waals surface area contributed by atoms with Crippen molar-refractivity contribution in [2.75, 3.05) is 18.8 Å². The summed E-state index contributed by atoms with van der Waals surface area (Å²) in [5, 5.41) is 0.499. The van der Waals surface area contributed by atoms with Crippen LogP contribution in [0.4, 0.5) is 5.69 Å². The number of anilines is 1. The first-order chi connectivity index (χ1) is 12.4. The lowest BCUT2D eigenvalue weighted by Gasteiger charge is -2.30. The number of hydrogen-bond donors (Lipinski definition) is 1. The van der Waals surface area contributed by atoms with Crippen molar-refractivity contribution in [3.05, 3.63) is 59.1 Å². The van der Waals surface area contributed by atoms with Crippen molar-refractivity contribution in [3.8, 4) is 0 Å². The van der Waals surface area contributed by atoms with Gasteiger partial charge in [0.1, 0.15) is 5.84 Å². The van der Waals surface area contributed by atoms with Gasteiger partial charge >= 0.3 is 0 Å². The minimum Gasteiger partial charge on any atom is -0.399 e. The number of nitrogens with zero attached hydrogens (tertiary/aromatic N) is 2. The highest BCUT2D eigenvalue weighted by molar-refractivity contribution is 7.90. The maximum absolute atomic E-state index is 12.6. The number of piperidine rings is 1. The summed E-state index contributed by atoms with van der Waals surface area (Å²) in [6.45, 7) is 1.56. The Hall–Kier alpha value is -1.76. The fourth-order valence-corrected chi connectivity index (χ4v) is 4.16. The summed E-state index contributed by atoms with van der Waals surface area (Å²) in [4.78, 5) is 2.24. The van der Waals surface area contributed by atoms with Crippen LogP contribution in [0, 0.1) is 0 Å². The van der Waals surface area contributed by atoms with Crippen LogP contribution in [0.15, 0.2) is 57.8 Å². The van der Waals surface area contributed by atoms with E-state index >= 15 is 0 Å². The fraction of sp³-hybridized carbons (Fsp3) is 0.316. The molecule has 1 aliphatic rings. The Morgan fingerprint density at radius 1 is 1.04 bits per heavy atom. The number of amidine groups is 1. The minimum absolute atomic E-state index is 0. The summed E-state index contributed by atoms with van der Waals surface area (Å²) < 4.78 is 29.3. The van der Waals surface area contributed by atoms with Gasteiger partial charge in [0.2, 0.25) is 0 Å². The zero-order valence-corrected chi connectivity index (χ0v) is 17.2. The second-order valence-electron chi connectivity index (χ2n) is 6.37. The van der Waals surface area contributed by atoms with Crippen molar-refractivity contribution in [2.24, 2.45) is 4.40 Å². The monoisotopic (exact) mass is 427 g/mol. The largest absolute Gasteiger partial charge is 0.399 e. The van der Waals surface area contributed by atoms with Crippen LogP contribution in [0.5, 0.6) is 0 Å². The molecule has 27 heavy (non-hydrogen) atoms. The van der Waals surface area contributed by atoms with Crippen molar-refractivity contribution in [2.45, 2.75) is 30.6 Å². The standard InChI is InChI=1S/C19H22ClN3O2S.ClH/c20-16-6-10-18(11-7-16)26(24,25)22-19-3-1-2-13-23(19)14-12-15-4-8-17(21)9-5-15;/h4-11H,1-3,12-14,21H2;1H. The quantitative estimate of drug-likeness (QED) is 0.726. The maximum atomic E-state index is 12.6. The van der Waals surface area contributed by atoms with E-state index in [-0.39, 0.29) is 17.3 Å². The Kier molecular flexibility index (Phi) is 7.53. The number of nitrogens with two attached hydrogens (primary N) is 1. The highest BCUT2D eigenvalue weighted by Crippen LogP contribution is 2.20. The molecule has 0 amide bonds. The highest BCUT2D eigenvalue weighted by atomic mass is 35.5. The summed E-state index contributed by atoms with van der Waals surface area (Å²) >= 11 is 5.84. The molecule has 146 valence electrons. The van der Waals surface area contributed by atoms with Gasteiger partial charge in [-0.3, -0.25) is 0 Å². The Bertz CT molecular complexity index is 882. The van der Waals surface area contributed by atoms with Gasteiger partial charge < -0.3 is 10.6 Å². The van der Waals surface area contributed by atoms with Gasteiger partial charge in [-0.05, 0) is 61.2 Å². The molecule has 0 saturated carbocycles. The lowest BCUT2D eigenvalue weighted by molar-refractivity contribution is 0.374. The SMILES string of the molecule is Cl.Nc1ccc(CCN2CCCCC2=NS(=O)(=O)c2ccc(Cl)cc2)cc1. The van der Waals surface area contributed by atoms with E-state index in [1.807, 2.05) is 24.3 Å². The van der Waals surface area contributed by atoms with Crippen LogP contribution in [0.25, 0.3) is 0 Å². The van der Waals surface area contributed by atoms with Crippen LogP contribution in [0.1, 0.15) is 24.8 Å². The van der Waals surface area contributed by atoms with Crippen LogP contribution in [-0.2, 0) is 16.4 Å². The molecule has 0 bridgehead atoms. The number of benzene rings is 2. The molecule has 5 nitrogen and oxygen atoms in total. The van der Waals surface area contributed by atoms with Crippen LogP contribution < -0.4 is 5.73 Å². The van der Waals surface area contributed by atoms with Crippen molar-refractivity contribution in [3.63, 3.8) is 0 Å². The molecule has 8 heteroatoms. The van der Waals surface area contributed by atoms with Gasteiger partial charge in [0.15, 0.2) is 0 Å². The minimum atomic E-state index is -3.73. The molecule has 2 aromatic rings. The van der Waals surface area contributed by atoms with E-state index in [2.05, 4.69) is 9.30 Å². The smallest absolute Gasteiger partial charge is 0.283 e. The first-order valence-corrected chi connectivity index (χ1v) is 10.4. The fourth-order valence-electron chi connectivity index (χ4n) is 2.96. The lowest BCUT2D eigenvalue weighted by Crippen LogP contribution is -2.37. The van der Waals surface area contributed by atoms with Crippen LogP contribution in [0.3, 0.4) is 0 Å². The molecule has 3 rings (SSSR count). The van der Waals surface area contributed by atoms with E-state index in [0.29, 0.717) is 17.3 Å². The zero-order chi connectivity index (χ0) is 18.6. The van der Waals surface area contributed by atoms with E-state index in [0.717, 1.165) is 38.0 Å². The molecular weight excluding hydrogens is 405 g/mol. The van der Waals surface area contributed by atoms with E-state index in [9.17, 15) is 8.42 Å². The highest BCUT2D eigenvalue weighted by Gasteiger charge is 2.21. The van der Waals surface area contributed by atoms with Gasteiger partial charge in [-0.1, -0.05) is 23.7 Å². The van der Waals surface area contributed by atoms with Gasteiger partial charge in [-0.25, -0.2) is 0 Å². The summed E-state index contributed by atoms with van der Waals surface area (Å²) in [6, 6.07) is 13.9. The number of rotatable bonds is 5. The van der Waals surface area contributed by atoms with E-state index in [1.54, 1.807) is 12.1 Å². The predicted octanol–water partition coefficient (Wildman–Crippen LogP) is 4.16. The number of hydrogen-bond acceptors (Lipinski definition) is 3. The van der Waals surface area contributed by atoms with Crippen molar-refractivity contribution in [1.82, 2.24) is 4.90 Å². The Morgan fingerprint density at radius 2 is 1.70 bits per heavy atom. The van der Waals surface area contributed by atoms with E-state index in [1.165, 1.54) is 17.7 Å². The molecule has 1 heterocycles. The number of likely N-dealkylation sites (tertiary alicyclic amines) is 1. The van der Waals surface area contributed by atoms with Crippen molar-refractivity contribution in [1.29, 1.82) is 0 Å². The third-order valence-corrected chi connectivity index (χ3v) is 6.00. The molecule has 1 fully saturated rings. The summed E-state index contributed by atoms with van der Waals surface area (Å²) in [7, 11) is -3.73. The Morgan fingerprint density at radius 3 is 2.37 bits per heavy atom. The summed E-state index contributed by atoms with van der Waals surface area (Å²) in [6.07, 6.45) is 3.49. The lowest BCUT2D eigenvalue weighted by atomic mass is 10.1. The third-order valence-electron chi connectivity index (χ3n) is 4.43. The van der Waals surface area contributed by atoms with E-state index < -0.39 is 10.0 Å². The molecule has 0 spiro atoms. The number of nitrogen functional groups attached to an aromatic ring is 1. The number of halogens is 2. The first kappa shape index (κ1) is 21.5. The second-order valence-corrected chi connectivity index (χ2v) is 8.41. The van der Waals surface area contributed by atoms with Gasteiger partial charge in [0, 0.05) is 30.2 Å². The number of sulfonamides is 1. The molecule has 1 saturated heterocycles. The second kappa shape index (κ2) is 9.44. The maximum Gasteiger partial charge on any atom is 0.283 e. The third kappa shape index (κ3) is 5.86. The predicted molar refractivity (Wildman–Crippen MR) is 113 cm³/mol. The van der Waals surface area contributed by atoms with Gasteiger partial charge in [-0.15, -0.1) is 16.8 Å². The molecule has 0 unspecified atom stereocenters. The van der Waals surface area contributed by atoms with Crippen LogP contribution in [-0.4, -0.2) is 32.2 Å². The molecule has 1 aliphatic heterocycles. The Labute approximate surface area is 171 Å². The molecular formula is C19H23Cl2N3O2S. The molecule has 0 atom stereocenters. The zero-order valence-electron chi connectivity index (χ0n) is 14.8. The first-order valence-electron chi connectivity index (χ1n) is 8.63. The molecule has 2 aromatic carbocycles. The van der Waals surface area contributed by atoms with Gasteiger partial charge in [0.25, 0.3) is 10.0 Å². The van der Waals surface area contributed by atoms with Crippen LogP contribution >= 0.6 is 24.0 Å². The average Bonchev–Trinajstić information content (AvgIpc) is 2.62. The van der Waals surface area contributed by atoms with Crippen LogP contribution in [0.2, 0.25) is 5.02 Å². The van der Waals surface area contributed by atoms with Crippen molar-refractivity contribution < 1.29 is 8.42 Å². The topological polar surface area (TPSA) is 75.8 Å². The summed E-state index contributed by atoms with van der Waals surface area (Å²) in [5.41, 5.74) is 7.63. The molecule has 2 N–H and O–H groups in total. The van der Waals surface area contributed by atoms with E-state index in [4.69, 9.17) is 17.3 Å². The molecule has 0 radical (unpaired) electrons. The van der Waals surface area contributed by atoms with Gasteiger partial charge in [-0.2, -0.15) is 8.42 Å². The van der Waals surface area contributed by atoms with Gasteiger partial charge in [0.05, 0.1) is 4.90 Å². The average molecular weight is 428 g/mol. The molecule has 0 aromatic heterocycles. The molecule has 0 aliphatic carbocycles. The normalized spacial score (nSPS) is 16.2. The van der Waals surface area contributed by atoms with Crippen molar-refractivity contribution >= 4 is 45.6 Å². The summed E-state index contributed by atoms with van der Waals surface area (Å²) in [5.74, 6) is 0.640.